The Labute approximate surface area is 265 Å². The third-order valence-electron chi connectivity index (χ3n) is 7.75. The summed E-state index contributed by atoms with van der Waals surface area (Å²) < 4.78 is 22.8. The van der Waals surface area contributed by atoms with Crippen molar-refractivity contribution in [1.29, 1.82) is 0 Å². The SMILES string of the molecule is CCCCCCCCC/C=C\CCCCCCCCCC(=O)NC(COP(=O)([O-])OCC[N+](C)(C)C)C(O)CCCCC. The van der Waals surface area contributed by atoms with E-state index in [1.165, 1.54) is 83.5 Å². The van der Waals surface area contributed by atoms with Crippen molar-refractivity contribution in [3.05, 3.63) is 12.2 Å². The van der Waals surface area contributed by atoms with E-state index in [9.17, 15) is 19.4 Å². The molecule has 256 valence electrons. The molecule has 0 aromatic rings. The van der Waals surface area contributed by atoms with Crippen LogP contribution < -0.4 is 10.2 Å². The fourth-order valence-corrected chi connectivity index (χ4v) is 5.58. The van der Waals surface area contributed by atoms with Gasteiger partial charge < -0.3 is 28.8 Å². The second-order valence-corrected chi connectivity index (χ2v) is 14.6. The van der Waals surface area contributed by atoms with Gasteiger partial charge in [0.25, 0.3) is 7.82 Å². The quantitative estimate of drug-likeness (QED) is 0.0349. The Balaban J connectivity index is 4.11. The molecule has 0 bridgehead atoms. The molecule has 3 unspecified atom stereocenters. The molecular formula is C34H69N2O6P. The monoisotopic (exact) mass is 632 g/mol. The van der Waals surface area contributed by atoms with Crippen molar-refractivity contribution in [1.82, 2.24) is 5.32 Å². The number of hydrogen-bond donors (Lipinski definition) is 2. The van der Waals surface area contributed by atoms with Crippen LogP contribution in [0.25, 0.3) is 0 Å². The summed E-state index contributed by atoms with van der Waals surface area (Å²) in [5.74, 6) is -0.182. The Kier molecular flexibility index (Phi) is 27.1. The molecule has 0 heterocycles. The molecule has 8 nitrogen and oxygen atoms in total. The van der Waals surface area contributed by atoms with E-state index in [0.717, 1.165) is 38.5 Å². The molecular weight excluding hydrogens is 563 g/mol. The molecule has 0 aliphatic rings. The van der Waals surface area contributed by atoms with Gasteiger partial charge in [-0.15, -0.1) is 0 Å². The highest BCUT2D eigenvalue weighted by molar-refractivity contribution is 7.45. The fraction of sp³-hybridized carbons (Fsp3) is 0.912. The predicted molar refractivity (Wildman–Crippen MR) is 178 cm³/mol. The molecule has 0 aromatic carbocycles. The zero-order valence-corrected chi connectivity index (χ0v) is 29.6. The lowest BCUT2D eigenvalue weighted by Crippen LogP contribution is -2.46. The van der Waals surface area contributed by atoms with Gasteiger partial charge in [0.2, 0.25) is 5.91 Å². The average molecular weight is 633 g/mol. The van der Waals surface area contributed by atoms with Gasteiger partial charge in [-0.05, 0) is 38.5 Å². The number of carbonyl (C=O) groups is 1. The van der Waals surface area contributed by atoms with E-state index < -0.39 is 20.0 Å². The van der Waals surface area contributed by atoms with Crippen LogP contribution in [0.1, 0.15) is 149 Å². The first kappa shape index (κ1) is 42.2. The van der Waals surface area contributed by atoms with E-state index in [1.807, 2.05) is 21.1 Å². The number of allylic oxidation sites excluding steroid dienone is 2. The first-order valence-electron chi connectivity index (χ1n) is 17.5. The first-order valence-corrected chi connectivity index (χ1v) is 19.0. The van der Waals surface area contributed by atoms with E-state index in [0.29, 0.717) is 23.9 Å². The van der Waals surface area contributed by atoms with Crippen molar-refractivity contribution in [2.75, 3.05) is 40.9 Å². The Hall–Kier alpha value is -0.760. The average Bonchev–Trinajstić information content (AvgIpc) is 2.93. The summed E-state index contributed by atoms with van der Waals surface area (Å²) in [5, 5.41) is 13.5. The predicted octanol–water partition coefficient (Wildman–Crippen LogP) is 7.83. The Morgan fingerprint density at radius 3 is 1.81 bits per heavy atom. The van der Waals surface area contributed by atoms with Gasteiger partial charge in [0.15, 0.2) is 0 Å². The lowest BCUT2D eigenvalue weighted by molar-refractivity contribution is -0.870. The van der Waals surface area contributed by atoms with Gasteiger partial charge in [-0.25, -0.2) is 0 Å². The van der Waals surface area contributed by atoms with Crippen molar-refractivity contribution >= 4 is 13.7 Å². The molecule has 0 aliphatic heterocycles. The summed E-state index contributed by atoms with van der Waals surface area (Å²) in [7, 11) is 1.29. The number of likely N-dealkylation sites (N-methyl/N-ethyl adjacent to an activating group) is 1. The first-order chi connectivity index (χ1) is 20.5. The van der Waals surface area contributed by atoms with Crippen LogP contribution in [0.4, 0.5) is 0 Å². The number of quaternary nitrogens is 1. The number of phosphoric ester groups is 1. The molecule has 43 heavy (non-hydrogen) atoms. The zero-order chi connectivity index (χ0) is 32.2. The molecule has 9 heteroatoms. The fourth-order valence-electron chi connectivity index (χ4n) is 4.85. The van der Waals surface area contributed by atoms with Crippen LogP contribution in [0, 0.1) is 0 Å². The van der Waals surface area contributed by atoms with Gasteiger partial charge in [-0.2, -0.15) is 0 Å². The maximum absolute atomic E-state index is 12.6. The second-order valence-electron chi connectivity index (χ2n) is 13.2. The third-order valence-corrected chi connectivity index (χ3v) is 8.72. The molecule has 3 atom stereocenters. The standard InChI is InChI=1S/C34H69N2O6P/c1-6-8-10-11-12-13-14-15-16-17-18-19-20-21-22-23-24-26-28-34(38)35-32(33(37)27-25-9-7-2)31-42-43(39,40)41-30-29-36(3,4)5/h16-17,32-33,37H,6-15,18-31H2,1-5H3,(H-,35,38,39,40)/b17-16-. The molecule has 0 radical (unpaired) electrons. The highest BCUT2D eigenvalue weighted by Crippen LogP contribution is 2.38. The Morgan fingerprint density at radius 2 is 1.28 bits per heavy atom. The Bertz CT molecular complexity index is 728. The summed E-state index contributed by atoms with van der Waals surface area (Å²) >= 11 is 0. The molecule has 2 N–H and O–H groups in total. The number of amides is 1. The summed E-state index contributed by atoms with van der Waals surface area (Å²) in [5.41, 5.74) is 0. The largest absolute Gasteiger partial charge is 0.756 e. The number of hydrogen-bond acceptors (Lipinski definition) is 6. The van der Waals surface area contributed by atoms with Gasteiger partial charge in [0, 0.05) is 6.42 Å². The molecule has 0 fully saturated rings. The maximum atomic E-state index is 12.6. The van der Waals surface area contributed by atoms with Gasteiger partial charge in [-0.3, -0.25) is 9.36 Å². The lowest BCUT2D eigenvalue weighted by atomic mass is 10.0. The highest BCUT2D eigenvalue weighted by atomic mass is 31.2. The number of aliphatic hydroxyl groups is 1. The van der Waals surface area contributed by atoms with Crippen molar-refractivity contribution in [2.45, 2.75) is 161 Å². The number of nitrogens with zero attached hydrogens (tertiary/aromatic N) is 1. The normalized spacial score (nSPS) is 15.0. The smallest absolute Gasteiger partial charge is 0.268 e. The minimum atomic E-state index is -4.53. The lowest BCUT2D eigenvalue weighted by Gasteiger charge is -2.30. The number of nitrogens with one attached hydrogen (secondary N) is 1. The number of carbonyl (C=O) groups excluding carboxylic acids is 1. The number of phosphoric acid groups is 1. The molecule has 0 aromatic heterocycles. The van der Waals surface area contributed by atoms with Crippen LogP contribution >= 0.6 is 7.82 Å². The van der Waals surface area contributed by atoms with Crippen LogP contribution in [0.15, 0.2) is 12.2 Å². The summed E-state index contributed by atoms with van der Waals surface area (Å²) in [6.45, 7) is 4.52. The van der Waals surface area contributed by atoms with Crippen LogP contribution in [-0.2, 0) is 18.4 Å². The number of rotatable bonds is 31. The maximum Gasteiger partial charge on any atom is 0.268 e. The minimum Gasteiger partial charge on any atom is -0.756 e. The van der Waals surface area contributed by atoms with E-state index in [1.54, 1.807) is 0 Å². The van der Waals surface area contributed by atoms with E-state index in [4.69, 9.17) is 9.05 Å². The zero-order valence-electron chi connectivity index (χ0n) is 28.7. The Morgan fingerprint density at radius 1 is 0.791 bits per heavy atom. The minimum absolute atomic E-state index is 0.0107. The van der Waals surface area contributed by atoms with E-state index in [-0.39, 0.29) is 19.1 Å². The summed E-state index contributed by atoms with van der Waals surface area (Å²) in [6, 6.07) is -0.793. The van der Waals surface area contributed by atoms with Crippen LogP contribution in [0.3, 0.4) is 0 Å². The van der Waals surface area contributed by atoms with Crippen molar-refractivity contribution in [3.63, 3.8) is 0 Å². The summed E-state index contributed by atoms with van der Waals surface area (Å²) in [6.07, 6.45) is 27.2. The van der Waals surface area contributed by atoms with E-state index >= 15 is 0 Å². The molecule has 0 saturated carbocycles. The van der Waals surface area contributed by atoms with Crippen LogP contribution in [0.5, 0.6) is 0 Å². The third kappa shape index (κ3) is 29.7. The van der Waals surface area contributed by atoms with Crippen molar-refractivity contribution in [2.24, 2.45) is 0 Å². The number of unbranched alkanes of at least 4 members (excludes halogenated alkanes) is 16. The van der Waals surface area contributed by atoms with Crippen LogP contribution in [-0.4, -0.2) is 68.5 Å². The number of aliphatic hydroxyl groups excluding tert-OH is 1. The van der Waals surface area contributed by atoms with Gasteiger partial charge in [0.1, 0.15) is 13.2 Å². The highest BCUT2D eigenvalue weighted by Gasteiger charge is 2.24. The molecule has 0 aliphatic carbocycles. The van der Waals surface area contributed by atoms with Crippen LogP contribution in [0.2, 0.25) is 0 Å². The molecule has 0 saturated heterocycles. The summed E-state index contributed by atoms with van der Waals surface area (Å²) in [4.78, 5) is 24.8. The van der Waals surface area contributed by atoms with Gasteiger partial charge in [0.05, 0.1) is 39.9 Å². The van der Waals surface area contributed by atoms with Crippen molar-refractivity contribution < 1.29 is 32.9 Å². The van der Waals surface area contributed by atoms with E-state index in [2.05, 4.69) is 31.3 Å². The second kappa shape index (κ2) is 27.5. The topological polar surface area (TPSA) is 108 Å². The van der Waals surface area contributed by atoms with Gasteiger partial charge in [-0.1, -0.05) is 116 Å². The van der Waals surface area contributed by atoms with Gasteiger partial charge >= 0.3 is 0 Å². The van der Waals surface area contributed by atoms with Crippen molar-refractivity contribution in [3.8, 4) is 0 Å². The molecule has 1 amide bonds. The molecule has 0 spiro atoms. The molecule has 0 rings (SSSR count).